The normalized spacial score (nSPS) is 12.3. The lowest BCUT2D eigenvalue weighted by atomic mass is 10.1. The van der Waals surface area contributed by atoms with E-state index in [4.69, 9.17) is 10.5 Å². The number of carbonyl (C=O) groups is 4. The summed E-state index contributed by atoms with van der Waals surface area (Å²) in [5, 5.41) is 7.27. The Morgan fingerprint density at radius 2 is 1.85 bits per heavy atom. The number of carbonyl (C=O) groups excluding carboxylic acids is 4. The lowest BCUT2D eigenvalue weighted by Gasteiger charge is -2.07. The molecule has 33 heavy (non-hydrogen) atoms. The summed E-state index contributed by atoms with van der Waals surface area (Å²) in [6.07, 6.45) is 2.50. The summed E-state index contributed by atoms with van der Waals surface area (Å²) in [6, 6.07) is 9.20. The number of para-hydroxylation sites is 1. The van der Waals surface area contributed by atoms with Gasteiger partial charge in [0.1, 0.15) is 5.00 Å². The van der Waals surface area contributed by atoms with Gasteiger partial charge in [0.2, 0.25) is 0 Å². The average Bonchev–Trinajstić information content (AvgIpc) is 3.44. The van der Waals surface area contributed by atoms with Crippen molar-refractivity contribution in [3.8, 4) is 5.69 Å². The predicted octanol–water partition coefficient (Wildman–Crippen LogP) is 2.50. The SMILES string of the molecule is Cc1nn(-c2ccccc2)c(C)c1C(=O)C(=O)OCC(=O)Nc1sc2c(c1C(N)=O)CCC2. The molecular weight excluding hydrogens is 444 g/mol. The summed E-state index contributed by atoms with van der Waals surface area (Å²) >= 11 is 1.30. The van der Waals surface area contributed by atoms with Crippen LogP contribution in [-0.2, 0) is 27.2 Å². The molecule has 0 spiro atoms. The zero-order valence-electron chi connectivity index (χ0n) is 18.1. The number of aromatic nitrogens is 2. The number of nitrogens with zero attached hydrogens (tertiary/aromatic N) is 2. The van der Waals surface area contributed by atoms with E-state index in [1.165, 1.54) is 11.3 Å². The van der Waals surface area contributed by atoms with Crippen LogP contribution in [-0.4, -0.2) is 40.0 Å². The van der Waals surface area contributed by atoms with E-state index >= 15 is 0 Å². The van der Waals surface area contributed by atoms with Crippen LogP contribution in [0.5, 0.6) is 0 Å². The lowest BCUT2D eigenvalue weighted by Crippen LogP contribution is -2.26. The molecule has 2 aromatic heterocycles. The smallest absolute Gasteiger partial charge is 0.380 e. The highest BCUT2D eigenvalue weighted by Gasteiger charge is 2.28. The predicted molar refractivity (Wildman–Crippen MR) is 122 cm³/mol. The number of nitrogens with two attached hydrogens (primary N) is 1. The van der Waals surface area contributed by atoms with Crippen LogP contribution < -0.4 is 11.1 Å². The second-order valence-corrected chi connectivity index (χ2v) is 8.78. The number of hydrogen-bond donors (Lipinski definition) is 2. The van der Waals surface area contributed by atoms with Crippen molar-refractivity contribution < 1.29 is 23.9 Å². The van der Waals surface area contributed by atoms with Gasteiger partial charge in [-0.05, 0) is 50.8 Å². The maximum absolute atomic E-state index is 12.7. The minimum Gasteiger partial charge on any atom is -0.450 e. The van der Waals surface area contributed by atoms with E-state index in [0.717, 1.165) is 35.4 Å². The largest absolute Gasteiger partial charge is 0.450 e. The standard InChI is InChI=1S/C23H22N4O5S/c1-12-18(13(2)27(26-12)14-7-4-3-5-8-14)20(29)23(31)32-11-17(28)25-22-19(21(24)30)15-9-6-10-16(15)33-22/h3-5,7-8H,6,9-11H2,1-2H3,(H2,24,30)(H,25,28). The highest BCUT2D eigenvalue weighted by molar-refractivity contribution is 7.17. The molecule has 2 amide bonds. The minimum absolute atomic E-state index is 0.134. The Labute approximate surface area is 193 Å². The number of thiophene rings is 1. The summed E-state index contributed by atoms with van der Waals surface area (Å²) in [6.45, 7) is 2.64. The molecule has 0 radical (unpaired) electrons. The highest BCUT2D eigenvalue weighted by Crippen LogP contribution is 2.38. The Balaban J connectivity index is 1.43. The molecule has 170 valence electrons. The molecule has 0 saturated heterocycles. The number of fused-ring (bicyclic) bond motifs is 1. The Morgan fingerprint density at radius 3 is 2.55 bits per heavy atom. The first-order chi connectivity index (χ1) is 15.8. The number of ether oxygens (including phenoxy) is 1. The molecule has 3 aromatic rings. The van der Waals surface area contributed by atoms with Gasteiger partial charge in [0.25, 0.3) is 17.6 Å². The van der Waals surface area contributed by atoms with Gasteiger partial charge in [0, 0.05) is 4.88 Å². The van der Waals surface area contributed by atoms with Crippen molar-refractivity contribution in [2.24, 2.45) is 5.73 Å². The second kappa shape index (κ2) is 8.99. The average molecular weight is 467 g/mol. The number of amides is 2. The number of anilines is 1. The molecule has 4 rings (SSSR count). The van der Waals surface area contributed by atoms with Crippen LogP contribution in [0.1, 0.15) is 49.0 Å². The number of Topliss-reactive ketones (excluding diaryl/α,β-unsaturated/α-hetero) is 1. The molecule has 10 heteroatoms. The van der Waals surface area contributed by atoms with Gasteiger partial charge in [0.15, 0.2) is 6.61 Å². The van der Waals surface area contributed by atoms with Crippen LogP contribution in [0.25, 0.3) is 5.69 Å². The van der Waals surface area contributed by atoms with Crippen molar-refractivity contribution in [1.82, 2.24) is 9.78 Å². The number of esters is 1. The van der Waals surface area contributed by atoms with Gasteiger partial charge in [0.05, 0.1) is 28.2 Å². The minimum atomic E-state index is -1.16. The monoisotopic (exact) mass is 466 g/mol. The van der Waals surface area contributed by atoms with Gasteiger partial charge in [-0.1, -0.05) is 18.2 Å². The number of hydrogen-bond acceptors (Lipinski definition) is 7. The van der Waals surface area contributed by atoms with Gasteiger partial charge in [-0.3, -0.25) is 14.4 Å². The van der Waals surface area contributed by atoms with Crippen LogP contribution in [0.2, 0.25) is 0 Å². The quantitative estimate of drug-likeness (QED) is 0.312. The molecule has 1 aliphatic rings. The van der Waals surface area contributed by atoms with Crippen LogP contribution in [0.4, 0.5) is 5.00 Å². The molecule has 9 nitrogen and oxygen atoms in total. The van der Waals surface area contributed by atoms with Gasteiger partial charge in [-0.2, -0.15) is 5.10 Å². The third kappa shape index (κ3) is 4.29. The van der Waals surface area contributed by atoms with Gasteiger partial charge < -0.3 is 15.8 Å². The zero-order chi connectivity index (χ0) is 23.7. The van der Waals surface area contributed by atoms with E-state index in [-0.39, 0.29) is 5.56 Å². The lowest BCUT2D eigenvalue weighted by molar-refractivity contribution is -0.142. The molecule has 1 aliphatic carbocycles. The first-order valence-corrected chi connectivity index (χ1v) is 11.2. The molecule has 0 atom stereocenters. The van der Waals surface area contributed by atoms with E-state index in [0.29, 0.717) is 22.0 Å². The van der Waals surface area contributed by atoms with Crippen LogP contribution >= 0.6 is 11.3 Å². The van der Waals surface area contributed by atoms with Crippen LogP contribution in [0.15, 0.2) is 30.3 Å². The fraction of sp³-hybridized carbons (Fsp3) is 0.261. The summed E-state index contributed by atoms with van der Waals surface area (Å²) < 4.78 is 6.52. The Kier molecular flexibility index (Phi) is 6.10. The van der Waals surface area contributed by atoms with Gasteiger partial charge in [-0.25, -0.2) is 9.48 Å². The number of aryl methyl sites for hydroxylation is 2. The molecule has 0 aliphatic heterocycles. The topological polar surface area (TPSA) is 133 Å². The molecular formula is C23H22N4O5S. The number of primary amides is 1. The highest BCUT2D eigenvalue weighted by atomic mass is 32.1. The van der Waals surface area contributed by atoms with E-state index in [1.54, 1.807) is 18.5 Å². The summed E-state index contributed by atoms with van der Waals surface area (Å²) in [7, 11) is 0. The maximum atomic E-state index is 12.7. The molecule has 0 bridgehead atoms. The first kappa shape index (κ1) is 22.4. The van der Waals surface area contributed by atoms with Gasteiger partial charge >= 0.3 is 5.97 Å². The zero-order valence-corrected chi connectivity index (χ0v) is 19.0. The van der Waals surface area contributed by atoms with Crippen molar-refractivity contribution in [3.05, 3.63) is 63.3 Å². The van der Waals surface area contributed by atoms with Crippen LogP contribution in [0.3, 0.4) is 0 Å². The van der Waals surface area contributed by atoms with E-state index in [9.17, 15) is 19.2 Å². The Hall–Kier alpha value is -3.79. The summed E-state index contributed by atoms with van der Waals surface area (Å²) in [5.41, 5.74) is 8.41. The number of rotatable bonds is 7. The van der Waals surface area contributed by atoms with Crippen molar-refractivity contribution in [2.45, 2.75) is 33.1 Å². The first-order valence-electron chi connectivity index (χ1n) is 10.3. The summed E-state index contributed by atoms with van der Waals surface area (Å²) in [4.78, 5) is 50.3. The van der Waals surface area contributed by atoms with Crippen molar-refractivity contribution >= 4 is 39.9 Å². The number of ketones is 1. The molecule has 2 heterocycles. The molecule has 0 saturated carbocycles. The van der Waals surface area contributed by atoms with Crippen molar-refractivity contribution in [3.63, 3.8) is 0 Å². The third-order valence-electron chi connectivity index (χ3n) is 5.46. The van der Waals surface area contributed by atoms with Crippen LogP contribution in [0, 0.1) is 13.8 Å². The second-order valence-electron chi connectivity index (χ2n) is 7.67. The summed E-state index contributed by atoms with van der Waals surface area (Å²) in [5.74, 6) is -3.31. The fourth-order valence-corrected chi connectivity index (χ4v) is 5.32. The molecule has 1 aromatic carbocycles. The number of benzene rings is 1. The van der Waals surface area contributed by atoms with E-state index in [2.05, 4.69) is 10.4 Å². The van der Waals surface area contributed by atoms with E-state index < -0.39 is 30.2 Å². The van der Waals surface area contributed by atoms with Crippen molar-refractivity contribution in [1.29, 1.82) is 0 Å². The Bertz CT molecular complexity index is 1280. The maximum Gasteiger partial charge on any atom is 0.380 e. The van der Waals surface area contributed by atoms with Gasteiger partial charge in [-0.15, -0.1) is 11.3 Å². The van der Waals surface area contributed by atoms with Crippen molar-refractivity contribution in [2.75, 3.05) is 11.9 Å². The molecule has 0 unspecified atom stereocenters. The third-order valence-corrected chi connectivity index (χ3v) is 6.67. The molecule has 0 fully saturated rings. The fourth-order valence-electron chi connectivity index (χ4n) is 4.01. The van der Waals surface area contributed by atoms with E-state index in [1.807, 2.05) is 30.3 Å². The molecule has 3 N–H and O–H groups in total. The Morgan fingerprint density at radius 1 is 1.12 bits per heavy atom. The number of nitrogens with one attached hydrogen (secondary N) is 1.